The van der Waals surface area contributed by atoms with E-state index >= 15 is 0 Å². The summed E-state index contributed by atoms with van der Waals surface area (Å²) in [5, 5.41) is 2.63. The van der Waals surface area contributed by atoms with Crippen molar-refractivity contribution in [1.82, 2.24) is 9.72 Å². The molecule has 3 rings (SSSR count). The highest BCUT2D eigenvalue weighted by atomic mass is 32.2. The van der Waals surface area contributed by atoms with Crippen molar-refractivity contribution in [3.05, 3.63) is 72.6 Å². The van der Waals surface area contributed by atoms with E-state index in [1.165, 1.54) is 0 Å². The Hall–Kier alpha value is -2.80. The Labute approximate surface area is 140 Å². The topological polar surface area (TPSA) is 79.7 Å². The van der Waals surface area contributed by atoms with Crippen molar-refractivity contribution in [1.29, 1.82) is 0 Å². The Morgan fingerprint density at radius 1 is 1.04 bits per heavy atom. The van der Waals surface area contributed by atoms with Gasteiger partial charge >= 0.3 is 0 Å². The lowest BCUT2D eigenvalue weighted by atomic mass is 10.3. The molecule has 1 aromatic carbocycles. The SMILES string of the molecule is O=C(NCCS(=O)(=O)Nc1ccccc1)c1cc2ccccn2c1. The number of aromatic nitrogens is 1. The summed E-state index contributed by atoms with van der Waals surface area (Å²) < 4.78 is 28.3. The fourth-order valence-corrected chi connectivity index (χ4v) is 3.29. The van der Waals surface area contributed by atoms with Crippen molar-refractivity contribution in [2.75, 3.05) is 17.0 Å². The molecule has 2 heterocycles. The van der Waals surface area contributed by atoms with E-state index in [0.29, 0.717) is 11.3 Å². The third-order valence-electron chi connectivity index (χ3n) is 3.47. The second kappa shape index (κ2) is 6.76. The van der Waals surface area contributed by atoms with Crippen LogP contribution in [0.1, 0.15) is 10.4 Å². The van der Waals surface area contributed by atoms with Crippen LogP contribution in [0.5, 0.6) is 0 Å². The summed E-state index contributed by atoms with van der Waals surface area (Å²) in [7, 11) is -3.51. The highest BCUT2D eigenvalue weighted by Gasteiger charge is 2.13. The molecule has 0 aliphatic heterocycles. The summed E-state index contributed by atoms with van der Waals surface area (Å²) in [4.78, 5) is 12.1. The molecule has 0 radical (unpaired) electrons. The summed E-state index contributed by atoms with van der Waals surface area (Å²) in [5.41, 5.74) is 1.90. The molecule has 0 bridgehead atoms. The Balaban J connectivity index is 1.56. The zero-order valence-corrected chi connectivity index (χ0v) is 13.7. The number of pyridine rings is 1. The van der Waals surface area contributed by atoms with E-state index in [2.05, 4.69) is 10.0 Å². The molecule has 0 saturated heterocycles. The minimum atomic E-state index is -3.51. The Morgan fingerprint density at radius 2 is 1.79 bits per heavy atom. The van der Waals surface area contributed by atoms with Gasteiger partial charge in [-0.25, -0.2) is 8.42 Å². The molecule has 0 unspecified atom stereocenters. The van der Waals surface area contributed by atoms with E-state index < -0.39 is 10.0 Å². The molecule has 2 aromatic heterocycles. The van der Waals surface area contributed by atoms with E-state index in [4.69, 9.17) is 0 Å². The Morgan fingerprint density at radius 3 is 2.54 bits per heavy atom. The van der Waals surface area contributed by atoms with Crippen LogP contribution in [-0.4, -0.2) is 31.0 Å². The number of sulfonamides is 1. The van der Waals surface area contributed by atoms with Crippen molar-refractivity contribution in [2.24, 2.45) is 0 Å². The molecule has 24 heavy (non-hydrogen) atoms. The number of anilines is 1. The van der Waals surface area contributed by atoms with Gasteiger partial charge in [-0.05, 0) is 30.3 Å². The van der Waals surface area contributed by atoms with Crippen LogP contribution in [0, 0.1) is 0 Å². The molecule has 2 N–H and O–H groups in total. The first-order valence-corrected chi connectivity index (χ1v) is 9.09. The van der Waals surface area contributed by atoms with Crippen molar-refractivity contribution < 1.29 is 13.2 Å². The molecule has 0 atom stereocenters. The molecule has 0 aliphatic carbocycles. The highest BCUT2D eigenvalue weighted by Crippen LogP contribution is 2.10. The maximum absolute atomic E-state index is 12.1. The van der Waals surface area contributed by atoms with Gasteiger partial charge in [0.2, 0.25) is 10.0 Å². The average molecular weight is 343 g/mol. The number of amides is 1. The molecule has 0 saturated carbocycles. The monoisotopic (exact) mass is 343 g/mol. The first-order chi connectivity index (χ1) is 11.5. The number of para-hydroxylation sites is 1. The van der Waals surface area contributed by atoms with Crippen LogP contribution in [-0.2, 0) is 10.0 Å². The van der Waals surface area contributed by atoms with Crippen molar-refractivity contribution in [3.8, 4) is 0 Å². The first kappa shape index (κ1) is 16.1. The number of carbonyl (C=O) groups excluding carboxylic acids is 1. The molecule has 1 amide bonds. The molecular weight excluding hydrogens is 326 g/mol. The number of rotatable bonds is 6. The molecule has 0 aliphatic rings. The minimum absolute atomic E-state index is 0.0349. The lowest BCUT2D eigenvalue weighted by molar-refractivity contribution is 0.0956. The van der Waals surface area contributed by atoms with Crippen LogP contribution < -0.4 is 10.0 Å². The van der Waals surface area contributed by atoms with Gasteiger partial charge in [0, 0.05) is 30.1 Å². The quantitative estimate of drug-likeness (QED) is 0.719. The van der Waals surface area contributed by atoms with Crippen molar-refractivity contribution >= 4 is 27.1 Å². The number of benzene rings is 1. The number of carbonyl (C=O) groups is 1. The summed E-state index contributed by atoms with van der Waals surface area (Å²) in [6.45, 7) is 0.0349. The third kappa shape index (κ3) is 3.94. The van der Waals surface area contributed by atoms with Gasteiger partial charge in [0.25, 0.3) is 5.91 Å². The number of fused-ring (bicyclic) bond motifs is 1. The molecule has 7 heteroatoms. The highest BCUT2D eigenvalue weighted by molar-refractivity contribution is 7.92. The summed E-state index contributed by atoms with van der Waals surface area (Å²) in [6.07, 6.45) is 3.56. The average Bonchev–Trinajstić information content (AvgIpc) is 2.99. The fourth-order valence-electron chi connectivity index (χ4n) is 2.32. The number of nitrogens with one attached hydrogen (secondary N) is 2. The first-order valence-electron chi connectivity index (χ1n) is 7.44. The summed E-state index contributed by atoms with van der Waals surface area (Å²) >= 11 is 0. The van der Waals surface area contributed by atoms with Gasteiger partial charge in [-0.3, -0.25) is 9.52 Å². The molecule has 3 aromatic rings. The zero-order chi connectivity index (χ0) is 17.0. The Bertz CT molecular complexity index is 916. The van der Waals surface area contributed by atoms with Crippen LogP contribution in [0.4, 0.5) is 5.69 Å². The maximum atomic E-state index is 12.1. The second-order valence-electron chi connectivity index (χ2n) is 5.30. The summed E-state index contributed by atoms with van der Waals surface area (Å²) in [6, 6.07) is 16.0. The van der Waals surface area contributed by atoms with Crippen molar-refractivity contribution in [2.45, 2.75) is 0 Å². The molecular formula is C17H17N3O3S. The van der Waals surface area contributed by atoms with Gasteiger partial charge in [0.15, 0.2) is 0 Å². The lowest BCUT2D eigenvalue weighted by Crippen LogP contribution is -2.31. The molecule has 6 nitrogen and oxygen atoms in total. The van der Waals surface area contributed by atoms with E-state index in [0.717, 1.165) is 5.52 Å². The van der Waals surface area contributed by atoms with Crippen LogP contribution >= 0.6 is 0 Å². The van der Waals surface area contributed by atoms with Crippen LogP contribution in [0.3, 0.4) is 0 Å². The predicted octanol–water partition coefficient (Wildman–Crippen LogP) is 2.11. The van der Waals surface area contributed by atoms with Crippen LogP contribution in [0.25, 0.3) is 5.52 Å². The van der Waals surface area contributed by atoms with Gasteiger partial charge in [0.05, 0.1) is 11.3 Å². The van der Waals surface area contributed by atoms with E-state index in [1.54, 1.807) is 42.6 Å². The molecule has 124 valence electrons. The second-order valence-corrected chi connectivity index (χ2v) is 7.15. The zero-order valence-electron chi connectivity index (χ0n) is 12.8. The van der Waals surface area contributed by atoms with Gasteiger partial charge in [-0.1, -0.05) is 24.3 Å². The van der Waals surface area contributed by atoms with Crippen LogP contribution in [0.2, 0.25) is 0 Å². The van der Waals surface area contributed by atoms with Gasteiger partial charge in [0.1, 0.15) is 0 Å². The van der Waals surface area contributed by atoms with Gasteiger partial charge in [-0.15, -0.1) is 0 Å². The van der Waals surface area contributed by atoms with Gasteiger partial charge < -0.3 is 9.72 Å². The normalized spacial score (nSPS) is 11.3. The van der Waals surface area contributed by atoms with Crippen molar-refractivity contribution in [3.63, 3.8) is 0 Å². The lowest BCUT2D eigenvalue weighted by Gasteiger charge is -2.08. The largest absolute Gasteiger partial charge is 0.351 e. The fraction of sp³-hybridized carbons (Fsp3) is 0.118. The smallest absolute Gasteiger partial charge is 0.252 e. The number of hydrogen-bond donors (Lipinski definition) is 2. The number of nitrogens with zero attached hydrogens (tertiary/aromatic N) is 1. The minimum Gasteiger partial charge on any atom is -0.351 e. The third-order valence-corrected chi connectivity index (χ3v) is 4.76. The summed E-state index contributed by atoms with van der Waals surface area (Å²) in [5.74, 6) is -0.491. The molecule has 0 fully saturated rings. The van der Waals surface area contributed by atoms with E-state index in [9.17, 15) is 13.2 Å². The van der Waals surface area contributed by atoms with E-state index in [1.807, 2.05) is 28.8 Å². The standard InChI is InChI=1S/C17H17N3O3S/c21-17(14-12-16-8-4-5-10-20(16)13-14)18-9-11-24(22,23)19-15-6-2-1-3-7-15/h1-8,10,12-13,19H,9,11H2,(H,18,21). The van der Waals surface area contributed by atoms with Gasteiger partial charge in [-0.2, -0.15) is 0 Å². The Kier molecular flexibility index (Phi) is 4.52. The predicted molar refractivity (Wildman–Crippen MR) is 93.6 cm³/mol. The van der Waals surface area contributed by atoms with Crippen LogP contribution in [0.15, 0.2) is 67.0 Å². The maximum Gasteiger partial charge on any atom is 0.252 e. The van der Waals surface area contributed by atoms with E-state index in [-0.39, 0.29) is 18.2 Å². The molecule has 0 spiro atoms. The number of hydrogen-bond acceptors (Lipinski definition) is 3.